The highest BCUT2D eigenvalue weighted by Crippen LogP contribution is 2.27. The van der Waals surface area contributed by atoms with E-state index in [0.717, 1.165) is 18.5 Å². The molecule has 0 heterocycles. The molecule has 2 atom stereocenters. The van der Waals surface area contributed by atoms with Gasteiger partial charge in [0.2, 0.25) is 0 Å². The van der Waals surface area contributed by atoms with Gasteiger partial charge in [0, 0.05) is 11.7 Å². The molecule has 0 aliphatic heterocycles. The molecule has 1 saturated carbocycles. The SMILES string of the molecule is NCC1CCCCC1Nc1ccc(Cl)c(F)c1. The molecule has 3 N–H and O–H groups in total. The van der Waals surface area contributed by atoms with Crippen LogP contribution in [0.15, 0.2) is 18.2 Å². The Labute approximate surface area is 106 Å². The Morgan fingerprint density at radius 2 is 2.12 bits per heavy atom. The molecule has 2 unspecified atom stereocenters. The van der Waals surface area contributed by atoms with E-state index in [4.69, 9.17) is 17.3 Å². The standard InChI is InChI=1S/C13H18ClFN2/c14-11-6-5-10(7-12(11)15)17-13-4-2-1-3-9(13)8-16/h5-7,9,13,17H,1-4,8,16H2. The van der Waals surface area contributed by atoms with Crippen LogP contribution in [0.4, 0.5) is 10.1 Å². The quantitative estimate of drug-likeness (QED) is 0.870. The molecule has 1 fully saturated rings. The smallest absolute Gasteiger partial charge is 0.143 e. The van der Waals surface area contributed by atoms with Gasteiger partial charge in [0.1, 0.15) is 5.82 Å². The van der Waals surface area contributed by atoms with Crippen molar-refractivity contribution in [2.75, 3.05) is 11.9 Å². The predicted octanol–water partition coefficient (Wildman–Crippen LogP) is 3.41. The van der Waals surface area contributed by atoms with E-state index in [1.54, 1.807) is 6.07 Å². The number of hydrogen-bond acceptors (Lipinski definition) is 2. The van der Waals surface area contributed by atoms with Crippen molar-refractivity contribution in [2.24, 2.45) is 11.7 Å². The average molecular weight is 257 g/mol. The predicted molar refractivity (Wildman–Crippen MR) is 69.8 cm³/mol. The van der Waals surface area contributed by atoms with Gasteiger partial charge in [0.15, 0.2) is 0 Å². The van der Waals surface area contributed by atoms with E-state index in [-0.39, 0.29) is 10.8 Å². The van der Waals surface area contributed by atoms with E-state index in [1.807, 2.05) is 6.07 Å². The Morgan fingerprint density at radius 1 is 1.35 bits per heavy atom. The van der Waals surface area contributed by atoms with Gasteiger partial charge in [-0.25, -0.2) is 4.39 Å². The molecular weight excluding hydrogens is 239 g/mol. The second-order valence-corrected chi connectivity index (χ2v) is 5.07. The lowest BCUT2D eigenvalue weighted by Gasteiger charge is -2.32. The number of anilines is 1. The molecule has 0 spiro atoms. The molecule has 17 heavy (non-hydrogen) atoms. The first kappa shape index (κ1) is 12.7. The molecule has 1 aromatic rings. The molecular formula is C13H18ClFN2. The maximum absolute atomic E-state index is 13.3. The maximum Gasteiger partial charge on any atom is 0.143 e. The highest BCUT2D eigenvalue weighted by Gasteiger charge is 2.23. The highest BCUT2D eigenvalue weighted by atomic mass is 35.5. The van der Waals surface area contributed by atoms with Crippen LogP contribution in [0, 0.1) is 11.7 Å². The molecule has 1 aromatic carbocycles. The summed E-state index contributed by atoms with van der Waals surface area (Å²) in [5.41, 5.74) is 6.56. The lowest BCUT2D eigenvalue weighted by Crippen LogP contribution is -2.36. The lowest BCUT2D eigenvalue weighted by molar-refractivity contribution is 0.332. The minimum atomic E-state index is -0.378. The van der Waals surface area contributed by atoms with Crippen LogP contribution in [0.3, 0.4) is 0 Å². The summed E-state index contributed by atoms with van der Waals surface area (Å²) < 4.78 is 13.3. The first-order valence-electron chi connectivity index (χ1n) is 6.12. The van der Waals surface area contributed by atoms with Gasteiger partial charge >= 0.3 is 0 Å². The highest BCUT2D eigenvalue weighted by molar-refractivity contribution is 6.30. The number of nitrogens with one attached hydrogen (secondary N) is 1. The molecule has 2 rings (SSSR count). The second-order valence-electron chi connectivity index (χ2n) is 4.66. The van der Waals surface area contributed by atoms with E-state index in [1.165, 1.54) is 18.9 Å². The Kier molecular flexibility index (Phi) is 4.24. The number of hydrogen-bond donors (Lipinski definition) is 2. The number of nitrogens with two attached hydrogens (primary N) is 1. The average Bonchev–Trinajstić information content (AvgIpc) is 2.34. The Bertz CT molecular complexity index is 384. The fourth-order valence-corrected chi connectivity index (χ4v) is 2.60. The zero-order chi connectivity index (χ0) is 12.3. The van der Waals surface area contributed by atoms with Crippen LogP contribution >= 0.6 is 11.6 Å². The fourth-order valence-electron chi connectivity index (χ4n) is 2.48. The zero-order valence-electron chi connectivity index (χ0n) is 9.76. The molecule has 1 aliphatic rings. The van der Waals surface area contributed by atoms with Gasteiger partial charge in [-0.1, -0.05) is 24.4 Å². The van der Waals surface area contributed by atoms with Gasteiger partial charge in [0.05, 0.1) is 5.02 Å². The van der Waals surface area contributed by atoms with Crippen LogP contribution in [0.5, 0.6) is 0 Å². The first-order chi connectivity index (χ1) is 8.20. The molecule has 2 nitrogen and oxygen atoms in total. The zero-order valence-corrected chi connectivity index (χ0v) is 10.5. The number of benzene rings is 1. The van der Waals surface area contributed by atoms with Crippen molar-refractivity contribution in [1.82, 2.24) is 0 Å². The van der Waals surface area contributed by atoms with Crippen molar-refractivity contribution in [3.8, 4) is 0 Å². The van der Waals surface area contributed by atoms with Gasteiger partial charge in [0.25, 0.3) is 0 Å². The molecule has 94 valence electrons. The molecule has 0 saturated heterocycles. The minimum Gasteiger partial charge on any atom is -0.382 e. The van der Waals surface area contributed by atoms with Gasteiger partial charge in [-0.3, -0.25) is 0 Å². The second kappa shape index (κ2) is 5.69. The van der Waals surface area contributed by atoms with Crippen molar-refractivity contribution >= 4 is 17.3 Å². The van der Waals surface area contributed by atoms with Crippen molar-refractivity contribution in [3.05, 3.63) is 29.0 Å². The Hall–Kier alpha value is -0.800. The van der Waals surface area contributed by atoms with Gasteiger partial charge < -0.3 is 11.1 Å². The third-order valence-corrected chi connectivity index (χ3v) is 3.79. The van der Waals surface area contributed by atoms with Crippen LogP contribution in [0.1, 0.15) is 25.7 Å². The molecule has 1 aliphatic carbocycles. The summed E-state index contributed by atoms with van der Waals surface area (Å²) in [6.07, 6.45) is 4.72. The summed E-state index contributed by atoms with van der Waals surface area (Å²) in [7, 11) is 0. The molecule has 0 aromatic heterocycles. The number of halogens is 2. The van der Waals surface area contributed by atoms with Crippen LogP contribution < -0.4 is 11.1 Å². The molecule has 0 amide bonds. The molecule has 0 bridgehead atoms. The Balaban J connectivity index is 2.05. The van der Waals surface area contributed by atoms with E-state index in [2.05, 4.69) is 5.32 Å². The molecule has 0 radical (unpaired) electrons. The first-order valence-corrected chi connectivity index (χ1v) is 6.50. The van der Waals surface area contributed by atoms with Gasteiger partial charge in [-0.15, -0.1) is 0 Å². The van der Waals surface area contributed by atoms with Gasteiger partial charge in [-0.2, -0.15) is 0 Å². The van der Waals surface area contributed by atoms with Crippen LogP contribution in [0.25, 0.3) is 0 Å². The Morgan fingerprint density at radius 3 is 2.82 bits per heavy atom. The van der Waals surface area contributed by atoms with E-state index in [9.17, 15) is 4.39 Å². The topological polar surface area (TPSA) is 38.0 Å². The van der Waals surface area contributed by atoms with Crippen LogP contribution in [-0.2, 0) is 0 Å². The largest absolute Gasteiger partial charge is 0.382 e. The summed E-state index contributed by atoms with van der Waals surface area (Å²) >= 11 is 5.66. The number of rotatable bonds is 3. The van der Waals surface area contributed by atoms with Crippen molar-refractivity contribution < 1.29 is 4.39 Å². The third kappa shape index (κ3) is 3.11. The van der Waals surface area contributed by atoms with Gasteiger partial charge in [-0.05, 0) is 43.5 Å². The lowest BCUT2D eigenvalue weighted by atomic mass is 9.84. The minimum absolute atomic E-state index is 0.162. The normalized spacial score (nSPS) is 24.6. The van der Waals surface area contributed by atoms with E-state index in [0.29, 0.717) is 18.5 Å². The van der Waals surface area contributed by atoms with E-state index < -0.39 is 0 Å². The summed E-state index contributed by atoms with van der Waals surface area (Å²) in [4.78, 5) is 0. The van der Waals surface area contributed by atoms with Crippen LogP contribution in [0.2, 0.25) is 5.02 Å². The van der Waals surface area contributed by atoms with Crippen molar-refractivity contribution in [2.45, 2.75) is 31.7 Å². The van der Waals surface area contributed by atoms with Crippen molar-refractivity contribution in [1.29, 1.82) is 0 Å². The summed E-state index contributed by atoms with van der Waals surface area (Å²) in [6.45, 7) is 0.688. The summed E-state index contributed by atoms with van der Waals surface area (Å²) in [6, 6.07) is 5.20. The summed E-state index contributed by atoms with van der Waals surface area (Å²) in [5, 5.41) is 3.53. The monoisotopic (exact) mass is 256 g/mol. The third-order valence-electron chi connectivity index (χ3n) is 3.48. The maximum atomic E-state index is 13.3. The molecule has 4 heteroatoms. The van der Waals surface area contributed by atoms with Crippen molar-refractivity contribution in [3.63, 3.8) is 0 Å². The fraction of sp³-hybridized carbons (Fsp3) is 0.538. The van der Waals surface area contributed by atoms with Crippen LogP contribution in [-0.4, -0.2) is 12.6 Å². The summed E-state index contributed by atoms with van der Waals surface area (Å²) in [5.74, 6) is 0.110. The van der Waals surface area contributed by atoms with E-state index >= 15 is 0 Å².